The van der Waals surface area contributed by atoms with Crippen molar-refractivity contribution in [1.29, 1.82) is 0 Å². The first kappa shape index (κ1) is 30.7. The molecule has 1 saturated carbocycles. The lowest BCUT2D eigenvalue weighted by molar-refractivity contribution is -0.265. The van der Waals surface area contributed by atoms with Crippen molar-refractivity contribution < 1.29 is 37.3 Å². The van der Waals surface area contributed by atoms with Gasteiger partial charge in [-0.1, -0.05) is 11.6 Å². The van der Waals surface area contributed by atoms with E-state index in [0.29, 0.717) is 16.7 Å². The number of hydrogen-bond donors (Lipinski definition) is 3. The standard InChI is InChI=1S/C31H28ClF4N3O4/c1-16-10-18-11-19(12-23(26(18)37-14-16)43-21-8-9-21)28(40)38-15-30(42,31(34,35)36)24-13-22(29(2,3)41)25(32)27(39-24)17-4-6-20(33)7-5-17/h4-7,10-14,21,41-42H,8-9,15H2,1-3H3,(H,38,40)/t30-/m0/s1. The lowest BCUT2D eigenvalue weighted by Crippen LogP contribution is -2.51. The molecule has 43 heavy (non-hydrogen) atoms. The molecule has 0 saturated heterocycles. The number of hydrogen-bond acceptors (Lipinski definition) is 6. The third-order valence-corrected chi connectivity index (χ3v) is 7.48. The van der Waals surface area contributed by atoms with Gasteiger partial charge in [0.2, 0.25) is 5.60 Å². The molecule has 0 unspecified atom stereocenters. The van der Waals surface area contributed by atoms with Crippen LogP contribution in [0.3, 0.4) is 0 Å². The van der Waals surface area contributed by atoms with Gasteiger partial charge in [-0.25, -0.2) is 9.37 Å². The molecule has 1 fully saturated rings. The second kappa shape index (κ2) is 11.0. The molecule has 1 aliphatic rings. The van der Waals surface area contributed by atoms with Crippen LogP contribution in [-0.4, -0.2) is 44.9 Å². The Kier molecular flexibility index (Phi) is 7.87. The Labute approximate surface area is 249 Å². The van der Waals surface area contributed by atoms with Crippen molar-refractivity contribution in [3.05, 3.63) is 88.0 Å². The molecule has 1 amide bonds. The SMILES string of the molecule is Cc1cnc2c(OC3CC3)cc(C(=O)NC[C@](O)(c3cc(C(C)(C)O)c(Cl)c(-c4ccc(F)cc4)n3)C(F)(F)F)cc2c1. The first-order valence-electron chi connectivity index (χ1n) is 13.4. The smallest absolute Gasteiger partial charge is 0.424 e. The minimum atomic E-state index is -5.33. The molecule has 4 aromatic rings. The number of halogens is 5. The number of aliphatic hydroxyl groups is 2. The number of rotatable bonds is 8. The second-order valence-electron chi connectivity index (χ2n) is 11.2. The van der Waals surface area contributed by atoms with Gasteiger partial charge in [-0.3, -0.25) is 9.78 Å². The number of benzene rings is 2. The molecule has 0 bridgehead atoms. The van der Waals surface area contributed by atoms with E-state index in [2.05, 4.69) is 15.3 Å². The van der Waals surface area contributed by atoms with E-state index >= 15 is 0 Å². The van der Waals surface area contributed by atoms with E-state index in [-0.39, 0.29) is 33.5 Å². The molecular weight excluding hydrogens is 590 g/mol. The fraction of sp³-hybridized carbons (Fsp3) is 0.323. The van der Waals surface area contributed by atoms with E-state index in [1.807, 2.05) is 6.92 Å². The van der Waals surface area contributed by atoms with Gasteiger partial charge in [-0.15, -0.1) is 0 Å². The topological polar surface area (TPSA) is 105 Å². The van der Waals surface area contributed by atoms with Crippen molar-refractivity contribution in [2.75, 3.05) is 6.54 Å². The first-order valence-corrected chi connectivity index (χ1v) is 13.8. The molecule has 0 spiro atoms. The Bertz CT molecular complexity index is 1700. The van der Waals surface area contributed by atoms with Crippen molar-refractivity contribution in [3.63, 3.8) is 0 Å². The minimum Gasteiger partial charge on any atom is -0.488 e. The van der Waals surface area contributed by atoms with Gasteiger partial charge in [0.25, 0.3) is 5.91 Å². The Hall–Kier alpha value is -3.80. The number of nitrogens with zero attached hydrogens (tertiary/aromatic N) is 2. The zero-order valence-corrected chi connectivity index (χ0v) is 24.1. The summed E-state index contributed by atoms with van der Waals surface area (Å²) in [5.41, 5.74) is -5.28. The molecule has 12 heteroatoms. The van der Waals surface area contributed by atoms with Crippen LogP contribution in [0.5, 0.6) is 5.75 Å². The Morgan fingerprint density at radius 1 is 1.09 bits per heavy atom. The summed E-state index contributed by atoms with van der Waals surface area (Å²) in [4.78, 5) is 21.7. The first-order chi connectivity index (χ1) is 20.1. The van der Waals surface area contributed by atoms with Crippen LogP contribution in [-0.2, 0) is 11.2 Å². The molecule has 226 valence electrons. The molecule has 0 aliphatic heterocycles. The summed E-state index contributed by atoms with van der Waals surface area (Å²) in [7, 11) is 0. The highest BCUT2D eigenvalue weighted by Gasteiger charge is 2.57. The predicted molar refractivity (Wildman–Crippen MR) is 152 cm³/mol. The number of aryl methyl sites for hydroxylation is 1. The lowest BCUT2D eigenvalue weighted by atomic mass is 9.90. The summed E-state index contributed by atoms with van der Waals surface area (Å²) in [5, 5.41) is 24.5. The van der Waals surface area contributed by atoms with Crippen LogP contribution in [0.2, 0.25) is 5.02 Å². The van der Waals surface area contributed by atoms with Gasteiger partial charge in [0, 0.05) is 28.3 Å². The average Bonchev–Trinajstić information content (AvgIpc) is 3.74. The summed E-state index contributed by atoms with van der Waals surface area (Å²) in [6.45, 7) is 3.10. The number of ether oxygens (including phenoxy) is 1. The molecular formula is C31H28ClF4N3O4. The summed E-state index contributed by atoms with van der Waals surface area (Å²) < 4.78 is 63.3. The fourth-order valence-corrected chi connectivity index (χ4v) is 4.98. The number of carbonyl (C=O) groups is 1. The molecule has 3 N–H and O–H groups in total. The highest BCUT2D eigenvalue weighted by molar-refractivity contribution is 6.34. The van der Waals surface area contributed by atoms with Crippen molar-refractivity contribution in [3.8, 4) is 17.0 Å². The van der Waals surface area contributed by atoms with Gasteiger partial charge in [0.15, 0.2) is 0 Å². The van der Waals surface area contributed by atoms with Gasteiger partial charge in [-0.05, 0) is 87.7 Å². The maximum Gasteiger partial charge on any atom is 0.424 e. The number of carbonyl (C=O) groups excluding carboxylic acids is 1. The largest absolute Gasteiger partial charge is 0.488 e. The minimum absolute atomic E-state index is 0.00771. The van der Waals surface area contributed by atoms with Crippen LogP contribution in [0.4, 0.5) is 17.6 Å². The number of alkyl halides is 3. The van der Waals surface area contributed by atoms with E-state index in [9.17, 15) is 32.6 Å². The zero-order chi connectivity index (χ0) is 31.3. The summed E-state index contributed by atoms with van der Waals surface area (Å²) in [5.74, 6) is -1.17. The normalized spacial score (nSPS) is 15.3. The van der Waals surface area contributed by atoms with Crippen molar-refractivity contribution in [1.82, 2.24) is 15.3 Å². The molecule has 2 heterocycles. The average molecular weight is 618 g/mol. The highest BCUT2D eigenvalue weighted by atomic mass is 35.5. The van der Waals surface area contributed by atoms with Gasteiger partial charge in [-0.2, -0.15) is 13.2 Å². The van der Waals surface area contributed by atoms with Crippen molar-refractivity contribution in [2.45, 2.75) is 57.1 Å². The zero-order valence-electron chi connectivity index (χ0n) is 23.4. The number of aromatic nitrogens is 2. The van der Waals surface area contributed by atoms with E-state index in [1.165, 1.54) is 38.1 Å². The van der Waals surface area contributed by atoms with Crippen LogP contribution in [0.1, 0.15) is 53.9 Å². The Morgan fingerprint density at radius 2 is 1.77 bits per heavy atom. The van der Waals surface area contributed by atoms with Gasteiger partial charge >= 0.3 is 6.18 Å². The molecule has 7 nitrogen and oxygen atoms in total. The van der Waals surface area contributed by atoms with Gasteiger partial charge in [0.1, 0.15) is 17.1 Å². The third-order valence-electron chi connectivity index (χ3n) is 7.10. The summed E-state index contributed by atoms with van der Waals surface area (Å²) in [6.07, 6.45) is -2.04. The Balaban J connectivity index is 1.54. The molecule has 2 aromatic carbocycles. The van der Waals surface area contributed by atoms with Gasteiger partial charge < -0.3 is 20.3 Å². The van der Waals surface area contributed by atoms with Crippen LogP contribution < -0.4 is 10.1 Å². The number of amides is 1. The number of pyridine rings is 2. The van der Waals surface area contributed by atoms with E-state index in [0.717, 1.165) is 36.6 Å². The summed E-state index contributed by atoms with van der Waals surface area (Å²) in [6, 6.07) is 10.2. The maximum atomic E-state index is 14.6. The predicted octanol–water partition coefficient (Wildman–Crippen LogP) is 6.35. The van der Waals surface area contributed by atoms with Gasteiger partial charge in [0.05, 0.1) is 34.7 Å². The molecule has 1 atom stereocenters. The summed E-state index contributed by atoms with van der Waals surface area (Å²) >= 11 is 6.46. The van der Waals surface area contributed by atoms with E-state index in [1.54, 1.807) is 12.3 Å². The maximum absolute atomic E-state index is 14.6. The third kappa shape index (κ3) is 6.29. The van der Waals surface area contributed by atoms with Crippen molar-refractivity contribution in [2.24, 2.45) is 0 Å². The number of fused-ring (bicyclic) bond motifs is 1. The molecule has 0 radical (unpaired) electrons. The van der Waals surface area contributed by atoms with Crippen molar-refractivity contribution >= 4 is 28.4 Å². The van der Waals surface area contributed by atoms with Crippen LogP contribution in [0.25, 0.3) is 22.2 Å². The fourth-order valence-electron chi connectivity index (χ4n) is 4.54. The molecule has 1 aliphatic carbocycles. The quantitative estimate of drug-likeness (QED) is 0.199. The highest BCUT2D eigenvalue weighted by Crippen LogP contribution is 2.43. The lowest BCUT2D eigenvalue weighted by Gasteiger charge is -2.32. The monoisotopic (exact) mass is 617 g/mol. The van der Waals surface area contributed by atoms with Crippen LogP contribution in [0, 0.1) is 12.7 Å². The van der Waals surface area contributed by atoms with Crippen LogP contribution in [0.15, 0.2) is 54.7 Å². The van der Waals surface area contributed by atoms with E-state index < -0.39 is 41.3 Å². The molecule has 5 rings (SSSR count). The van der Waals surface area contributed by atoms with Crippen LogP contribution >= 0.6 is 11.6 Å². The van der Waals surface area contributed by atoms with E-state index in [4.69, 9.17) is 16.3 Å². The molecule has 2 aromatic heterocycles. The second-order valence-corrected chi connectivity index (χ2v) is 11.6. The Morgan fingerprint density at radius 3 is 2.37 bits per heavy atom. The number of nitrogens with one attached hydrogen (secondary N) is 1.